The Morgan fingerprint density at radius 1 is 0.867 bits per heavy atom. The fourth-order valence-corrected chi connectivity index (χ4v) is 2.52. The molecule has 0 spiro atoms. The van der Waals surface area contributed by atoms with Crippen LogP contribution in [0.15, 0.2) is 24.3 Å². The lowest BCUT2D eigenvalue weighted by molar-refractivity contribution is -0.0174. The van der Waals surface area contributed by atoms with Gasteiger partial charge in [-0.15, -0.1) is 0 Å². The highest BCUT2D eigenvalue weighted by atomic mass is 16.7. The summed E-state index contributed by atoms with van der Waals surface area (Å²) in [6, 6.07) is 7.95. The molecule has 80 valence electrons. The van der Waals surface area contributed by atoms with E-state index in [0.717, 1.165) is 11.5 Å². The van der Waals surface area contributed by atoms with Crippen molar-refractivity contribution in [2.75, 3.05) is 0 Å². The van der Waals surface area contributed by atoms with Gasteiger partial charge in [-0.05, 0) is 25.0 Å². The normalized spacial score (nSPS) is 21.9. The highest BCUT2D eigenvalue weighted by Crippen LogP contribution is 2.39. The Morgan fingerprint density at radius 3 is 2.07 bits per heavy atom. The number of para-hydroxylation sites is 2. The number of hydrogen-bond donors (Lipinski definition) is 0. The smallest absolute Gasteiger partial charge is 0.244 e. The highest BCUT2D eigenvalue weighted by molar-refractivity contribution is 5.41. The van der Waals surface area contributed by atoms with Crippen LogP contribution in [0.4, 0.5) is 0 Å². The van der Waals surface area contributed by atoms with Gasteiger partial charge < -0.3 is 9.47 Å². The molecule has 0 amide bonds. The predicted molar refractivity (Wildman–Crippen MR) is 58.1 cm³/mol. The zero-order chi connectivity index (χ0) is 10.1. The van der Waals surface area contributed by atoms with E-state index < -0.39 is 0 Å². The Morgan fingerprint density at radius 2 is 1.47 bits per heavy atom. The molecule has 0 saturated heterocycles. The van der Waals surface area contributed by atoms with Crippen molar-refractivity contribution >= 4 is 0 Å². The third-order valence-electron chi connectivity index (χ3n) is 3.37. The predicted octanol–water partition coefficient (Wildman–Crippen LogP) is 3.36. The average molecular weight is 204 g/mol. The van der Waals surface area contributed by atoms with E-state index in [4.69, 9.17) is 9.47 Å². The highest BCUT2D eigenvalue weighted by Gasteiger charge is 2.32. The molecule has 3 rings (SSSR count). The number of rotatable bonds is 1. The monoisotopic (exact) mass is 204 g/mol. The lowest BCUT2D eigenvalue weighted by Crippen LogP contribution is -2.30. The summed E-state index contributed by atoms with van der Waals surface area (Å²) < 4.78 is 11.6. The minimum absolute atomic E-state index is 0.0253. The van der Waals surface area contributed by atoms with Crippen LogP contribution in [0.1, 0.15) is 32.1 Å². The fraction of sp³-hybridized carbons (Fsp3) is 0.538. The molecule has 1 aliphatic heterocycles. The van der Waals surface area contributed by atoms with E-state index in [2.05, 4.69) is 0 Å². The number of benzene rings is 1. The van der Waals surface area contributed by atoms with Crippen molar-refractivity contribution in [2.24, 2.45) is 5.92 Å². The second-order valence-corrected chi connectivity index (χ2v) is 4.45. The molecule has 2 heteroatoms. The van der Waals surface area contributed by atoms with Crippen LogP contribution in [0.3, 0.4) is 0 Å². The van der Waals surface area contributed by atoms with Crippen LogP contribution < -0.4 is 9.47 Å². The molecule has 1 aromatic rings. The van der Waals surface area contributed by atoms with Gasteiger partial charge >= 0.3 is 0 Å². The third-order valence-corrected chi connectivity index (χ3v) is 3.37. The third kappa shape index (κ3) is 1.69. The first-order chi connectivity index (χ1) is 7.43. The van der Waals surface area contributed by atoms with Gasteiger partial charge in [0.2, 0.25) is 6.29 Å². The fourth-order valence-electron chi connectivity index (χ4n) is 2.52. The van der Waals surface area contributed by atoms with E-state index in [9.17, 15) is 0 Å². The topological polar surface area (TPSA) is 18.5 Å². The van der Waals surface area contributed by atoms with E-state index in [-0.39, 0.29) is 6.29 Å². The lowest BCUT2D eigenvalue weighted by Gasteiger charge is -2.25. The molecule has 2 nitrogen and oxygen atoms in total. The van der Waals surface area contributed by atoms with E-state index >= 15 is 0 Å². The molecule has 1 saturated carbocycles. The van der Waals surface area contributed by atoms with Gasteiger partial charge in [-0.1, -0.05) is 31.4 Å². The molecule has 1 aliphatic carbocycles. The van der Waals surface area contributed by atoms with Gasteiger partial charge in [-0.2, -0.15) is 0 Å². The summed E-state index contributed by atoms with van der Waals surface area (Å²) in [5.41, 5.74) is 0. The molecule has 0 atom stereocenters. The van der Waals surface area contributed by atoms with Gasteiger partial charge in [0.1, 0.15) is 0 Å². The van der Waals surface area contributed by atoms with Gasteiger partial charge in [-0.25, -0.2) is 0 Å². The molecule has 0 bridgehead atoms. The summed E-state index contributed by atoms with van der Waals surface area (Å²) in [4.78, 5) is 0. The van der Waals surface area contributed by atoms with Gasteiger partial charge in [0.15, 0.2) is 11.5 Å². The minimum Gasteiger partial charge on any atom is -0.451 e. The van der Waals surface area contributed by atoms with E-state index in [1.54, 1.807) is 0 Å². The van der Waals surface area contributed by atoms with E-state index in [1.807, 2.05) is 24.3 Å². The Hall–Kier alpha value is -1.18. The van der Waals surface area contributed by atoms with Gasteiger partial charge in [0.05, 0.1) is 0 Å². The quantitative estimate of drug-likeness (QED) is 0.698. The Kier molecular flexibility index (Phi) is 2.28. The van der Waals surface area contributed by atoms with Crippen LogP contribution in [0, 0.1) is 5.92 Å². The summed E-state index contributed by atoms with van der Waals surface area (Å²) in [6.45, 7) is 0. The molecule has 0 radical (unpaired) electrons. The van der Waals surface area contributed by atoms with Crippen LogP contribution in [0.25, 0.3) is 0 Å². The van der Waals surface area contributed by atoms with Crippen molar-refractivity contribution in [1.82, 2.24) is 0 Å². The standard InChI is InChI=1S/C13H16O2/c1-2-6-10(7-3-1)13-14-11-8-4-5-9-12(11)15-13/h4-5,8-10,13H,1-3,6-7H2. The maximum absolute atomic E-state index is 5.82. The molecule has 0 N–H and O–H groups in total. The van der Waals surface area contributed by atoms with Crippen LogP contribution in [0.5, 0.6) is 11.5 Å². The molecular weight excluding hydrogens is 188 g/mol. The molecule has 1 fully saturated rings. The van der Waals surface area contributed by atoms with E-state index in [0.29, 0.717) is 5.92 Å². The molecule has 1 heterocycles. The van der Waals surface area contributed by atoms with Crippen LogP contribution in [-0.4, -0.2) is 6.29 Å². The summed E-state index contributed by atoms with van der Waals surface area (Å²) in [6.07, 6.45) is 6.49. The van der Waals surface area contributed by atoms with Crippen LogP contribution in [-0.2, 0) is 0 Å². The van der Waals surface area contributed by atoms with Crippen molar-refractivity contribution in [2.45, 2.75) is 38.4 Å². The van der Waals surface area contributed by atoms with E-state index in [1.165, 1.54) is 32.1 Å². The molecule has 15 heavy (non-hydrogen) atoms. The first kappa shape index (κ1) is 9.08. The minimum atomic E-state index is -0.0253. The van der Waals surface area contributed by atoms with Crippen LogP contribution in [0.2, 0.25) is 0 Å². The molecule has 0 aromatic heterocycles. The average Bonchev–Trinajstić information content (AvgIpc) is 2.74. The van der Waals surface area contributed by atoms with Gasteiger partial charge in [-0.3, -0.25) is 0 Å². The Balaban J connectivity index is 1.72. The van der Waals surface area contributed by atoms with Crippen molar-refractivity contribution < 1.29 is 9.47 Å². The second-order valence-electron chi connectivity index (χ2n) is 4.45. The number of fused-ring (bicyclic) bond motifs is 1. The van der Waals surface area contributed by atoms with Gasteiger partial charge in [0.25, 0.3) is 0 Å². The molecule has 1 aromatic carbocycles. The maximum atomic E-state index is 5.82. The largest absolute Gasteiger partial charge is 0.451 e. The molecule has 0 unspecified atom stereocenters. The van der Waals surface area contributed by atoms with Crippen molar-refractivity contribution in [3.63, 3.8) is 0 Å². The summed E-state index contributed by atoms with van der Waals surface area (Å²) in [5.74, 6) is 2.41. The summed E-state index contributed by atoms with van der Waals surface area (Å²) >= 11 is 0. The Labute approximate surface area is 90.2 Å². The SMILES string of the molecule is c1ccc2c(c1)OC(C1CCCCC1)O2. The Bertz CT molecular complexity index is 317. The molecular formula is C13H16O2. The zero-order valence-electron chi connectivity index (χ0n) is 8.82. The maximum Gasteiger partial charge on any atom is 0.244 e. The number of hydrogen-bond acceptors (Lipinski definition) is 2. The summed E-state index contributed by atoms with van der Waals surface area (Å²) in [5, 5.41) is 0. The summed E-state index contributed by atoms with van der Waals surface area (Å²) in [7, 11) is 0. The van der Waals surface area contributed by atoms with Gasteiger partial charge in [0, 0.05) is 5.92 Å². The lowest BCUT2D eigenvalue weighted by atomic mass is 9.89. The second kappa shape index (κ2) is 3.76. The van der Waals surface area contributed by atoms with Crippen molar-refractivity contribution in [1.29, 1.82) is 0 Å². The van der Waals surface area contributed by atoms with Crippen molar-refractivity contribution in [3.05, 3.63) is 24.3 Å². The van der Waals surface area contributed by atoms with Crippen molar-refractivity contribution in [3.8, 4) is 11.5 Å². The zero-order valence-corrected chi connectivity index (χ0v) is 8.82. The first-order valence-electron chi connectivity index (χ1n) is 5.86. The number of ether oxygens (including phenoxy) is 2. The van der Waals surface area contributed by atoms with Crippen LogP contribution >= 0.6 is 0 Å². The first-order valence-corrected chi connectivity index (χ1v) is 5.86. The molecule has 2 aliphatic rings.